The summed E-state index contributed by atoms with van der Waals surface area (Å²) in [6.07, 6.45) is 1.71. The van der Waals surface area contributed by atoms with E-state index in [2.05, 4.69) is 10.6 Å². The summed E-state index contributed by atoms with van der Waals surface area (Å²) < 4.78 is 13.4. The number of carbonyl (C=O) groups is 1. The summed E-state index contributed by atoms with van der Waals surface area (Å²) in [5.74, 6) is -1.29. The molecule has 0 spiro atoms. The number of carbonyl (C=O) groups excluding carboxylic acids is 1. The van der Waals surface area contributed by atoms with Gasteiger partial charge in [-0.2, -0.15) is 4.39 Å². The van der Waals surface area contributed by atoms with Crippen molar-refractivity contribution in [1.82, 2.24) is 5.32 Å². The zero-order chi connectivity index (χ0) is 13.8. The molecule has 6 nitrogen and oxygen atoms in total. The summed E-state index contributed by atoms with van der Waals surface area (Å²) in [7, 11) is 0. The van der Waals surface area contributed by atoms with Crippen LogP contribution < -0.4 is 10.6 Å². The summed E-state index contributed by atoms with van der Waals surface area (Å²) in [5, 5.41) is 16.2. The van der Waals surface area contributed by atoms with E-state index in [4.69, 9.17) is 0 Å². The predicted octanol–water partition coefficient (Wildman–Crippen LogP) is 1.67. The molecule has 1 saturated heterocycles. The molecule has 1 atom stereocenters. The highest BCUT2D eigenvalue weighted by atomic mass is 19.1. The van der Waals surface area contributed by atoms with Crippen molar-refractivity contribution in [1.29, 1.82) is 0 Å². The molecule has 1 aliphatic rings. The summed E-state index contributed by atoms with van der Waals surface area (Å²) in [6.45, 7) is 1.50. The first-order chi connectivity index (χ1) is 9.08. The van der Waals surface area contributed by atoms with E-state index in [0.717, 1.165) is 31.5 Å². The van der Waals surface area contributed by atoms with Gasteiger partial charge in [-0.25, -0.2) is 0 Å². The molecule has 1 aromatic carbocycles. The van der Waals surface area contributed by atoms with Gasteiger partial charge in [0.1, 0.15) is 0 Å². The van der Waals surface area contributed by atoms with E-state index in [9.17, 15) is 19.3 Å². The quantitative estimate of drug-likeness (QED) is 0.644. The summed E-state index contributed by atoms with van der Waals surface area (Å²) in [6, 6.07) is 3.34. The lowest BCUT2D eigenvalue weighted by atomic mass is 9.99. The number of nitrogens with one attached hydrogen (secondary N) is 2. The number of nitro benzene ring substituents is 1. The van der Waals surface area contributed by atoms with E-state index in [0.29, 0.717) is 6.54 Å². The maximum Gasteiger partial charge on any atom is 0.304 e. The number of halogens is 1. The third-order valence-electron chi connectivity index (χ3n) is 3.08. The number of hydrogen-bond donors (Lipinski definition) is 2. The van der Waals surface area contributed by atoms with Gasteiger partial charge in [-0.3, -0.25) is 14.9 Å². The fourth-order valence-electron chi connectivity index (χ4n) is 2.05. The highest BCUT2D eigenvalue weighted by molar-refractivity contribution is 5.92. The summed E-state index contributed by atoms with van der Waals surface area (Å²) in [5.41, 5.74) is -0.365. The minimum Gasteiger partial charge on any atom is -0.326 e. The molecule has 0 aromatic heterocycles. The molecule has 0 bridgehead atoms. The number of nitro groups is 1. The van der Waals surface area contributed by atoms with Crippen LogP contribution in [-0.4, -0.2) is 23.9 Å². The SMILES string of the molecule is O=C(Nc1ccc([N+](=O)[O-])c(F)c1)[C@@H]1CCCNC1. The molecule has 2 N–H and O–H groups in total. The first-order valence-corrected chi connectivity index (χ1v) is 6.03. The van der Waals surface area contributed by atoms with Gasteiger partial charge < -0.3 is 10.6 Å². The average Bonchev–Trinajstić information content (AvgIpc) is 2.39. The minimum absolute atomic E-state index is 0.146. The van der Waals surface area contributed by atoms with Crippen LogP contribution in [0.15, 0.2) is 18.2 Å². The van der Waals surface area contributed by atoms with Crippen LogP contribution in [0.1, 0.15) is 12.8 Å². The van der Waals surface area contributed by atoms with Crippen molar-refractivity contribution in [3.05, 3.63) is 34.1 Å². The smallest absolute Gasteiger partial charge is 0.304 e. The number of benzene rings is 1. The van der Waals surface area contributed by atoms with E-state index in [1.807, 2.05) is 0 Å². The molecular formula is C12H14FN3O3. The van der Waals surface area contributed by atoms with Crippen molar-refractivity contribution in [3.63, 3.8) is 0 Å². The van der Waals surface area contributed by atoms with E-state index >= 15 is 0 Å². The highest BCUT2D eigenvalue weighted by Crippen LogP contribution is 2.21. The number of amides is 1. The third kappa shape index (κ3) is 3.25. The van der Waals surface area contributed by atoms with Crippen molar-refractivity contribution in [2.45, 2.75) is 12.8 Å². The zero-order valence-electron chi connectivity index (χ0n) is 10.2. The Labute approximate surface area is 109 Å². The maximum atomic E-state index is 13.4. The standard InChI is InChI=1S/C12H14FN3O3/c13-10-6-9(3-4-11(10)16(18)19)15-12(17)8-2-1-5-14-7-8/h3-4,6,8,14H,1-2,5,7H2,(H,15,17)/t8-/m1/s1. The van der Waals surface area contributed by atoms with Gasteiger partial charge in [0, 0.05) is 24.4 Å². The van der Waals surface area contributed by atoms with Gasteiger partial charge in [-0.1, -0.05) is 0 Å². The lowest BCUT2D eigenvalue weighted by Gasteiger charge is -2.21. The first kappa shape index (κ1) is 13.4. The van der Waals surface area contributed by atoms with Crippen molar-refractivity contribution in [2.75, 3.05) is 18.4 Å². The number of anilines is 1. The minimum atomic E-state index is -0.954. The fourth-order valence-corrected chi connectivity index (χ4v) is 2.05. The van der Waals surface area contributed by atoms with E-state index in [1.54, 1.807) is 0 Å². The molecule has 0 aliphatic carbocycles. The number of piperidine rings is 1. The highest BCUT2D eigenvalue weighted by Gasteiger charge is 2.21. The lowest BCUT2D eigenvalue weighted by Crippen LogP contribution is -2.37. The molecule has 2 rings (SSSR count). The Morgan fingerprint density at radius 1 is 1.53 bits per heavy atom. The molecule has 1 fully saturated rings. The second-order valence-corrected chi connectivity index (χ2v) is 4.46. The van der Waals surface area contributed by atoms with Crippen LogP contribution in [0.5, 0.6) is 0 Å². The van der Waals surface area contributed by atoms with Crippen molar-refractivity contribution in [3.8, 4) is 0 Å². The third-order valence-corrected chi connectivity index (χ3v) is 3.08. The van der Waals surface area contributed by atoms with E-state index < -0.39 is 16.4 Å². The van der Waals surface area contributed by atoms with E-state index in [1.165, 1.54) is 6.07 Å². The van der Waals surface area contributed by atoms with Crippen molar-refractivity contribution >= 4 is 17.3 Å². The molecule has 1 aliphatic heterocycles. The van der Waals surface area contributed by atoms with Gasteiger partial charge in [-0.05, 0) is 25.5 Å². The Morgan fingerprint density at radius 3 is 2.89 bits per heavy atom. The molecule has 7 heteroatoms. The molecule has 0 radical (unpaired) electrons. The molecule has 0 unspecified atom stereocenters. The predicted molar refractivity (Wildman–Crippen MR) is 67.3 cm³/mol. The van der Waals surface area contributed by atoms with Crippen LogP contribution >= 0.6 is 0 Å². The molecule has 102 valence electrons. The Hall–Kier alpha value is -2.02. The second kappa shape index (κ2) is 5.75. The Balaban J connectivity index is 2.04. The molecule has 19 heavy (non-hydrogen) atoms. The van der Waals surface area contributed by atoms with Gasteiger partial charge >= 0.3 is 5.69 Å². The topological polar surface area (TPSA) is 84.3 Å². The Bertz CT molecular complexity index is 501. The summed E-state index contributed by atoms with van der Waals surface area (Å²) >= 11 is 0. The monoisotopic (exact) mass is 267 g/mol. The van der Waals surface area contributed by atoms with Crippen LogP contribution in [0.3, 0.4) is 0 Å². The molecule has 1 aromatic rings. The van der Waals surface area contributed by atoms with Gasteiger partial charge in [0.05, 0.1) is 10.8 Å². The lowest BCUT2D eigenvalue weighted by molar-refractivity contribution is -0.387. The van der Waals surface area contributed by atoms with Crippen molar-refractivity contribution < 1.29 is 14.1 Å². The normalized spacial score (nSPS) is 18.9. The van der Waals surface area contributed by atoms with Crippen LogP contribution in [0.4, 0.5) is 15.8 Å². The van der Waals surface area contributed by atoms with Crippen LogP contribution in [0.2, 0.25) is 0 Å². The molecular weight excluding hydrogens is 253 g/mol. The second-order valence-electron chi connectivity index (χ2n) is 4.46. The van der Waals surface area contributed by atoms with Gasteiger partial charge in [-0.15, -0.1) is 0 Å². The largest absolute Gasteiger partial charge is 0.326 e. The molecule has 0 saturated carbocycles. The van der Waals surface area contributed by atoms with Gasteiger partial charge in [0.2, 0.25) is 11.7 Å². The number of hydrogen-bond acceptors (Lipinski definition) is 4. The van der Waals surface area contributed by atoms with Crippen LogP contribution in [-0.2, 0) is 4.79 Å². The zero-order valence-corrected chi connectivity index (χ0v) is 10.2. The maximum absolute atomic E-state index is 13.4. The average molecular weight is 267 g/mol. The number of rotatable bonds is 3. The van der Waals surface area contributed by atoms with Crippen LogP contribution in [0, 0.1) is 21.8 Å². The fraction of sp³-hybridized carbons (Fsp3) is 0.417. The van der Waals surface area contributed by atoms with Crippen molar-refractivity contribution in [2.24, 2.45) is 5.92 Å². The Kier molecular flexibility index (Phi) is 4.06. The Morgan fingerprint density at radius 2 is 2.32 bits per heavy atom. The molecule has 1 heterocycles. The molecule has 1 amide bonds. The number of nitrogens with zero attached hydrogens (tertiary/aromatic N) is 1. The first-order valence-electron chi connectivity index (χ1n) is 6.03. The summed E-state index contributed by atoms with van der Waals surface area (Å²) in [4.78, 5) is 21.6. The van der Waals surface area contributed by atoms with Crippen LogP contribution in [0.25, 0.3) is 0 Å². The van der Waals surface area contributed by atoms with E-state index in [-0.39, 0.29) is 17.5 Å². The van der Waals surface area contributed by atoms with Gasteiger partial charge in [0.15, 0.2) is 0 Å². The van der Waals surface area contributed by atoms with Gasteiger partial charge in [0.25, 0.3) is 0 Å².